The third-order valence-electron chi connectivity index (χ3n) is 3.73. The Labute approximate surface area is 143 Å². The lowest BCUT2D eigenvalue weighted by Crippen LogP contribution is -2.02. The molecule has 0 atom stereocenters. The highest BCUT2D eigenvalue weighted by Gasteiger charge is 2.16. The second-order valence-corrected chi connectivity index (χ2v) is 5.15. The monoisotopic (exact) mass is 334 g/mol. The van der Waals surface area contributed by atoms with Crippen LogP contribution in [0.5, 0.6) is 11.8 Å². The number of nitrogens with zero attached hydrogens (tertiary/aromatic N) is 6. The number of ether oxygens (including phenoxy) is 2. The van der Waals surface area contributed by atoms with E-state index in [0.717, 1.165) is 11.3 Å². The minimum absolute atomic E-state index is 0.318. The summed E-state index contributed by atoms with van der Waals surface area (Å²) >= 11 is 0. The Morgan fingerprint density at radius 1 is 0.960 bits per heavy atom. The molecule has 0 aliphatic carbocycles. The van der Waals surface area contributed by atoms with Crippen molar-refractivity contribution in [1.82, 2.24) is 29.7 Å². The van der Waals surface area contributed by atoms with Crippen molar-refractivity contribution in [2.45, 2.75) is 0 Å². The topological polar surface area (TPSA) is 87.8 Å². The second-order valence-electron chi connectivity index (χ2n) is 5.15. The molecule has 4 aromatic rings. The summed E-state index contributed by atoms with van der Waals surface area (Å²) in [6, 6.07) is 9.46. The Morgan fingerprint density at radius 2 is 1.80 bits per heavy atom. The Kier molecular flexibility index (Phi) is 3.70. The van der Waals surface area contributed by atoms with Crippen LogP contribution >= 0.6 is 0 Å². The molecule has 124 valence electrons. The predicted octanol–water partition coefficient (Wildman–Crippen LogP) is 2.29. The molecule has 0 unspecified atom stereocenters. The van der Waals surface area contributed by atoms with Crippen molar-refractivity contribution < 1.29 is 9.47 Å². The average molecular weight is 334 g/mol. The third kappa shape index (κ3) is 2.53. The lowest BCUT2D eigenvalue weighted by atomic mass is 10.2. The maximum atomic E-state index is 5.28. The molecule has 0 amide bonds. The van der Waals surface area contributed by atoms with Gasteiger partial charge in [0.1, 0.15) is 11.8 Å². The number of methoxy groups -OCH3 is 2. The van der Waals surface area contributed by atoms with Crippen LogP contribution in [0.15, 0.2) is 49.1 Å². The van der Waals surface area contributed by atoms with E-state index in [1.54, 1.807) is 18.7 Å². The Bertz CT molecular complexity index is 1030. The minimum atomic E-state index is 0.318. The number of hydrogen-bond donors (Lipinski definition) is 0. The van der Waals surface area contributed by atoms with Crippen LogP contribution in [0.1, 0.15) is 0 Å². The lowest BCUT2D eigenvalue weighted by molar-refractivity contribution is 0.334. The first-order valence-corrected chi connectivity index (χ1v) is 7.51. The molecule has 0 bridgehead atoms. The van der Waals surface area contributed by atoms with Crippen LogP contribution in [-0.4, -0.2) is 43.9 Å². The van der Waals surface area contributed by atoms with Gasteiger partial charge in [-0.05, 0) is 24.3 Å². The van der Waals surface area contributed by atoms with Gasteiger partial charge in [-0.2, -0.15) is 0 Å². The van der Waals surface area contributed by atoms with Gasteiger partial charge in [-0.3, -0.25) is 9.55 Å². The predicted molar refractivity (Wildman–Crippen MR) is 90.8 cm³/mol. The summed E-state index contributed by atoms with van der Waals surface area (Å²) in [6.07, 6.45) is 5.08. The molecule has 0 spiro atoms. The fourth-order valence-electron chi connectivity index (χ4n) is 2.59. The number of rotatable bonds is 4. The van der Waals surface area contributed by atoms with Crippen LogP contribution in [0, 0.1) is 0 Å². The third-order valence-corrected chi connectivity index (χ3v) is 3.73. The maximum absolute atomic E-state index is 5.28. The largest absolute Gasteiger partial charge is 0.477 e. The summed E-state index contributed by atoms with van der Waals surface area (Å²) in [6.45, 7) is 0. The standard InChI is InChI=1S/C17H14N6O2/c1-24-16-17(25-2)21-14-12(20-16)6-3-7-13(14)23-10-19-22-15(23)11-5-4-8-18-9-11/h3-10H,1-2H3. The van der Waals surface area contributed by atoms with Crippen molar-refractivity contribution in [1.29, 1.82) is 0 Å². The molecule has 3 heterocycles. The van der Waals surface area contributed by atoms with E-state index in [-0.39, 0.29) is 0 Å². The number of pyridine rings is 1. The number of hydrogen-bond acceptors (Lipinski definition) is 7. The smallest absolute Gasteiger partial charge is 0.278 e. The highest BCUT2D eigenvalue weighted by molar-refractivity contribution is 5.85. The molecular formula is C17H14N6O2. The molecule has 8 nitrogen and oxygen atoms in total. The van der Waals surface area contributed by atoms with Crippen LogP contribution in [0.4, 0.5) is 0 Å². The number of fused-ring (bicyclic) bond motifs is 1. The van der Waals surface area contributed by atoms with E-state index in [1.807, 2.05) is 34.9 Å². The van der Waals surface area contributed by atoms with Gasteiger partial charge in [0.05, 0.1) is 25.4 Å². The molecule has 0 aliphatic rings. The summed E-state index contributed by atoms with van der Waals surface area (Å²) in [5.41, 5.74) is 2.98. The summed E-state index contributed by atoms with van der Waals surface area (Å²) in [5, 5.41) is 8.25. The number of para-hydroxylation sites is 1. The zero-order valence-electron chi connectivity index (χ0n) is 13.6. The zero-order valence-corrected chi connectivity index (χ0v) is 13.6. The van der Waals surface area contributed by atoms with Gasteiger partial charge < -0.3 is 9.47 Å². The van der Waals surface area contributed by atoms with E-state index in [9.17, 15) is 0 Å². The molecule has 8 heteroatoms. The molecule has 3 aromatic heterocycles. The van der Waals surface area contributed by atoms with Crippen LogP contribution < -0.4 is 9.47 Å². The van der Waals surface area contributed by atoms with Crippen LogP contribution in [0.3, 0.4) is 0 Å². The van der Waals surface area contributed by atoms with E-state index >= 15 is 0 Å². The fraction of sp³-hybridized carbons (Fsp3) is 0.118. The number of benzene rings is 1. The van der Waals surface area contributed by atoms with Crippen LogP contribution in [-0.2, 0) is 0 Å². The van der Waals surface area contributed by atoms with E-state index in [4.69, 9.17) is 9.47 Å². The fourth-order valence-corrected chi connectivity index (χ4v) is 2.59. The van der Waals surface area contributed by atoms with Gasteiger partial charge >= 0.3 is 0 Å². The molecule has 0 saturated heterocycles. The summed E-state index contributed by atoms with van der Waals surface area (Å²) in [4.78, 5) is 13.2. The molecule has 25 heavy (non-hydrogen) atoms. The van der Waals surface area contributed by atoms with Gasteiger partial charge in [0.2, 0.25) is 0 Å². The van der Waals surface area contributed by atoms with Gasteiger partial charge in [-0.25, -0.2) is 9.97 Å². The van der Waals surface area contributed by atoms with E-state index in [1.165, 1.54) is 14.2 Å². The summed E-state index contributed by atoms with van der Waals surface area (Å²) in [7, 11) is 3.06. The minimum Gasteiger partial charge on any atom is -0.477 e. The first kappa shape index (κ1) is 15.0. The Balaban J connectivity index is 1.96. The first-order chi connectivity index (χ1) is 12.3. The molecule has 0 saturated carbocycles. The molecular weight excluding hydrogens is 320 g/mol. The maximum Gasteiger partial charge on any atom is 0.278 e. The van der Waals surface area contributed by atoms with Crippen molar-refractivity contribution in [2.24, 2.45) is 0 Å². The molecule has 4 rings (SSSR count). The van der Waals surface area contributed by atoms with Gasteiger partial charge in [0.15, 0.2) is 5.82 Å². The molecule has 0 radical (unpaired) electrons. The zero-order chi connectivity index (χ0) is 17.2. The number of aromatic nitrogens is 6. The highest BCUT2D eigenvalue weighted by Crippen LogP contribution is 2.29. The SMILES string of the molecule is COc1nc2cccc(-n3cnnc3-c3cccnc3)c2nc1OC. The Hall–Kier alpha value is -3.55. The van der Waals surface area contributed by atoms with Crippen molar-refractivity contribution >= 4 is 11.0 Å². The quantitative estimate of drug-likeness (QED) is 0.566. The van der Waals surface area contributed by atoms with E-state index in [0.29, 0.717) is 28.6 Å². The molecule has 0 N–H and O–H groups in total. The highest BCUT2D eigenvalue weighted by atomic mass is 16.5. The van der Waals surface area contributed by atoms with Crippen molar-refractivity contribution in [3.63, 3.8) is 0 Å². The summed E-state index contributed by atoms with van der Waals surface area (Å²) in [5.74, 6) is 1.32. The van der Waals surface area contributed by atoms with E-state index in [2.05, 4.69) is 25.1 Å². The van der Waals surface area contributed by atoms with Crippen LogP contribution in [0.2, 0.25) is 0 Å². The molecule has 0 aliphatic heterocycles. The van der Waals surface area contributed by atoms with Gasteiger partial charge in [-0.1, -0.05) is 6.07 Å². The van der Waals surface area contributed by atoms with Crippen molar-refractivity contribution in [3.8, 4) is 28.8 Å². The van der Waals surface area contributed by atoms with Gasteiger partial charge in [-0.15, -0.1) is 10.2 Å². The second kappa shape index (κ2) is 6.16. The van der Waals surface area contributed by atoms with Gasteiger partial charge in [0.25, 0.3) is 11.8 Å². The first-order valence-electron chi connectivity index (χ1n) is 7.51. The lowest BCUT2D eigenvalue weighted by Gasteiger charge is -2.11. The normalized spacial score (nSPS) is 10.8. The van der Waals surface area contributed by atoms with Crippen molar-refractivity contribution in [3.05, 3.63) is 49.1 Å². The summed E-state index contributed by atoms with van der Waals surface area (Å²) < 4.78 is 12.4. The molecule has 0 fully saturated rings. The van der Waals surface area contributed by atoms with Crippen molar-refractivity contribution in [2.75, 3.05) is 14.2 Å². The Morgan fingerprint density at radius 3 is 2.56 bits per heavy atom. The molecule has 1 aromatic carbocycles. The van der Waals surface area contributed by atoms with Crippen LogP contribution in [0.25, 0.3) is 28.1 Å². The average Bonchev–Trinajstić information content (AvgIpc) is 3.16. The van der Waals surface area contributed by atoms with Gasteiger partial charge in [0, 0.05) is 18.0 Å². The van der Waals surface area contributed by atoms with E-state index < -0.39 is 0 Å².